The van der Waals surface area contributed by atoms with Crippen molar-refractivity contribution < 1.29 is 9.53 Å². The molecule has 26 heavy (non-hydrogen) atoms. The van der Waals surface area contributed by atoms with Gasteiger partial charge >= 0.3 is 0 Å². The SMILES string of the molecule is CCCC(N)C(=O)NCC(c1ccc(Cl)cc1)N1CCOC(C)(C)C1.Cl. The smallest absolute Gasteiger partial charge is 0.236 e. The number of hydrogen-bond acceptors (Lipinski definition) is 4. The average molecular weight is 404 g/mol. The number of hydrogen-bond donors (Lipinski definition) is 2. The fourth-order valence-electron chi connectivity index (χ4n) is 3.23. The molecule has 7 heteroatoms. The summed E-state index contributed by atoms with van der Waals surface area (Å²) in [6, 6.07) is 7.44. The zero-order valence-electron chi connectivity index (χ0n) is 15.8. The van der Waals surface area contributed by atoms with Crippen LogP contribution < -0.4 is 11.1 Å². The molecule has 2 rings (SSSR count). The molecule has 0 radical (unpaired) electrons. The van der Waals surface area contributed by atoms with Crippen LogP contribution in [-0.4, -0.2) is 48.7 Å². The first-order chi connectivity index (χ1) is 11.8. The molecule has 5 nitrogen and oxygen atoms in total. The Bertz CT molecular complexity index is 566. The highest BCUT2D eigenvalue weighted by Crippen LogP contribution is 2.27. The van der Waals surface area contributed by atoms with E-state index in [0.717, 1.165) is 25.1 Å². The zero-order chi connectivity index (χ0) is 18.4. The third-order valence-electron chi connectivity index (χ3n) is 4.56. The van der Waals surface area contributed by atoms with Gasteiger partial charge in [-0.05, 0) is 38.0 Å². The Labute approximate surface area is 168 Å². The highest BCUT2D eigenvalue weighted by atomic mass is 35.5. The molecule has 0 spiro atoms. The summed E-state index contributed by atoms with van der Waals surface area (Å²) in [5.41, 5.74) is 6.86. The molecule has 1 amide bonds. The molecule has 0 saturated carbocycles. The normalized spacial score (nSPS) is 19.3. The number of rotatable bonds is 7. The van der Waals surface area contributed by atoms with Gasteiger partial charge in [-0.25, -0.2) is 0 Å². The predicted molar refractivity (Wildman–Crippen MR) is 109 cm³/mol. The number of nitrogens with two attached hydrogens (primary N) is 1. The van der Waals surface area contributed by atoms with Crippen molar-refractivity contribution in [2.24, 2.45) is 5.73 Å². The van der Waals surface area contributed by atoms with Crippen LogP contribution in [0.2, 0.25) is 5.02 Å². The first-order valence-electron chi connectivity index (χ1n) is 8.99. The fourth-order valence-corrected chi connectivity index (χ4v) is 3.36. The van der Waals surface area contributed by atoms with Gasteiger partial charge in [-0.3, -0.25) is 9.69 Å². The van der Waals surface area contributed by atoms with Gasteiger partial charge in [-0.1, -0.05) is 37.1 Å². The summed E-state index contributed by atoms with van der Waals surface area (Å²) in [5.74, 6) is -0.0895. The van der Waals surface area contributed by atoms with E-state index in [1.807, 2.05) is 31.2 Å². The zero-order valence-corrected chi connectivity index (χ0v) is 17.4. The molecule has 148 valence electrons. The molecule has 1 aliphatic rings. The molecule has 2 atom stereocenters. The van der Waals surface area contributed by atoms with Crippen LogP contribution in [0.5, 0.6) is 0 Å². The Morgan fingerprint density at radius 1 is 1.38 bits per heavy atom. The fraction of sp³-hybridized carbons (Fsp3) is 0.632. The number of ether oxygens (including phenoxy) is 1. The lowest BCUT2D eigenvalue weighted by molar-refractivity contribution is -0.123. The molecule has 0 aliphatic carbocycles. The summed E-state index contributed by atoms with van der Waals surface area (Å²) in [6.45, 7) is 9.04. The van der Waals surface area contributed by atoms with Crippen molar-refractivity contribution >= 4 is 29.9 Å². The lowest BCUT2D eigenvalue weighted by atomic mass is 10.0. The topological polar surface area (TPSA) is 67.6 Å². The van der Waals surface area contributed by atoms with Gasteiger partial charge < -0.3 is 15.8 Å². The monoisotopic (exact) mass is 403 g/mol. The number of halogens is 2. The van der Waals surface area contributed by atoms with E-state index in [1.54, 1.807) is 0 Å². The van der Waals surface area contributed by atoms with Gasteiger partial charge in [0.05, 0.1) is 24.3 Å². The van der Waals surface area contributed by atoms with Crippen LogP contribution in [0.1, 0.15) is 45.2 Å². The first-order valence-corrected chi connectivity index (χ1v) is 9.37. The minimum absolute atomic E-state index is 0. The first kappa shape index (κ1) is 23.2. The van der Waals surface area contributed by atoms with E-state index >= 15 is 0 Å². The highest BCUT2D eigenvalue weighted by Gasteiger charge is 2.32. The van der Waals surface area contributed by atoms with E-state index in [0.29, 0.717) is 24.6 Å². The van der Waals surface area contributed by atoms with Gasteiger partial charge in [0, 0.05) is 24.7 Å². The molecule has 1 fully saturated rings. The highest BCUT2D eigenvalue weighted by molar-refractivity contribution is 6.30. The Hall–Kier alpha value is -0.850. The molecule has 1 aliphatic heterocycles. The van der Waals surface area contributed by atoms with Gasteiger partial charge in [-0.2, -0.15) is 0 Å². The molecular weight excluding hydrogens is 373 g/mol. The lowest BCUT2D eigenvalue weighted by Gasteiger charge is -2.42. The summed E-state index contributed by atoms with van der Waals surface area (Å²) in [4.78, 5) is 14.6. The lowest BCUT2D eigenvalue weighted by Crippen LogP contribution is -2.52. The largest absolute Gasteiger partial charge is 0.373 e. The van der Waals surface area contributed by atoms with Crippen LogP contribution >= 0.6 is 24.0 Å². The molecule has 1 heterocycles. The Morgan fingerprint density at radius 2 is 2.04 bits per heavy atom. The van der Waals surface area contributed by atoms with E-state index in [9.17, 15) is 4.79 Å². The van der Waals surface area contributed by atoms with E-state index in [4.69, 9.17) is 22.1 Å². The van der Waals surface area contributed by atoms with Crippen molar-refractivity contribution in [1.82, 2.24) is 10.2 Å². The van der Waals surface area contributed by atoms with Crippen LogP contribution in [-0.2, 0) is 9.53 Å². The van der Waals surface area contributed by atoms with Crippen LogP contribution in [0.25, 0.3) is 0 Å². The van der Waals surface area contributed by atoms with E-state index in [2.05, 4.69) is 24.1 Å². The number of carbonyl (C=O) groups is 1. The number of nitrogens with one attached hydrogen (secondary N) is 1. The van der Waals surface area contributed by atoms with Crippen LogP contribution in [0, 0.1) is 0 Å². The third kappa shape index (κ3) is 6.71. The number of morpholine rings is 1. The maximum Gasteiger partial charge on any atom is 0.236 e. The van der Waals surface area contributed by atoms with Gasteiger partial charge in [0.15, 0.2) is 0 Å². The molecule has 2 unspecified atom stereocenters. The third-order valence-corrected chi connectivity index (χ3v) is 4.81. The molecule has 3 N–H and O–H groups in total. The van der Waals surface area contributed by atoms with Crippen molar-refractivity contribution in [3.8, 4) is 0 Å². The molecule has 0 aromatic heterocycles. The van der Waals surface area contributed by atoms with Gasteiger partial charge in [0.25, 0.3) is 0 Å². The van der Waals surface area contributed by atoms with E-state index < -0.39 is 6.04 Å². The predicted octanol–water partition coefficient (Wildman–Crippen LogP) is 3.16. The minimum atomic E-state index is -0.447. The maximum absolute atomic E-state index is 12.2. The second-order valence-corrected chi connectivity index (χ2v) is 7.72. The summed E-state index contributed by atoms with van der Waals surface area (Å²) in [7, 11) is 0. The second kappa shape index (κ2) is 10.5. The summed E-state index contributed by atoms with van der Waals surface area (Å²) in [5, 5.41) is 3.73. The molecular formula is C19H31Cl2N3O2. The van der Waals surface area contributed by atoms with Crippen LogP contribution in [0.3, 0.4) is 0 Å². The van der Waals surface area contributed by atoms with Crippen LogP contribution in [0.15, 0.2) is 24.3 Å². The van der Waals surface area contributed by atoms with Crippen molar-refractivity contribution in [3.63, 3.8) is 0 Å². The molecule has 1 saturated heterocycles. The number of carbonyl (C=O) groups excluding carboxylic acids is 1. The van der Waals surface area contributed by atoms with E-state index in [1.165, 1.54) is 0 Å². The summed E-state index contributed by atoms with van der Waals surface area (Å²) < 4.78 is 5.83. The summed E-state index contributed by atoms with van der Waals surface area (Å²) >= 11 is 6.03. The number of amides is 1. The van der Waals surface area contributed by atoms with Gasteiger partial charge in [-0.15, -0.1) is 12.4 Å². The average Bonchev–Trinajstić information content (AvgIpc) is 2.55. The standard InChI is InChI=1S/C19H30ClN3O2.ClH/c1-4-5-16(21)18(24)22-12-17(14-6-8-15(20)9-7-14)23-10-11-25-19(2,3)13-23;/h6-9,16-17H,4-5,10-13,21H2,1-3H3,(H,22,24);1H. The van der Waals surface area contributed by atoms with E-state index in [-0.39, 0.29) is 30.0 Å². The van der Waals surface area contributed by atoms with Crippen molar-refractivity contribution in [2.45, 2.75) is 51.3 Å². The molecule has 1 aromatic carbocycles. The van der Waals surface area contributed by atoms with Gasteiger partial charge in [0.2, 0.25) is 5.91 Å². The summed E-state index contributed by atoms with van der Waals surface area (Å²) in [6.07, 6.45) is 1.59. The number of nitrogens with zero attached hydrogens (tertiary/aromatic N) is 1. The van der Waals surface area contributed by atoms with Gasteiger partial charge in [0.1, 0.15) is 0 Å². The second-order valence-electron chi connectivity index (χ2n) is 7.29. The number of benzene rings is 1. The Kier molecular flexibility index (Phi) is 9.34. The minimum Gasteiger partial charge on any atom is -0.373 e. The van der Waals surface area contributed by atoms with Crippen molar-refractivity contribution in [3.05, 3.63) is 34.9 Å². The van der Waals surface area contributed by atoms with Crippen molar-refractivity contribution in [2.75, 3.05) is 26.2 Å². The van der Waals surface area contributed by atoms with Crippen LogP contribution in [0.4, 0.5) is 0 Å². The maximum atomic E-state index is 12.2. The quantitative estimate of drug-likeness (QED) is 0.733. The Balaban J connectivity index is 0.00000338. The molecule has 0 bridgehead atoms. The molecule has 1 aromatic rings. The van der Waals surface area contributed by atoms with Crippen molar-refractivity contribution in [1.29, 1.82) is 0 Å². The Morgan fingerprint density at radius 3 is 2.62 bits per heavy atom.